The molecule has 10 nitrogen and oxygen atoms in total. The van der Waals surface area contributed by atoms with E-state index in [4.69, 9.17) is 24.5 Å². The highest BCUT2D eigenvalue weighted by Crippen LogP contribution is 2.22. The highest BCUT2D eigenvalue weighted by molar-refractivity contribution is 6.36. The average molecular weight is 330 g/mol. The number of carbonyl (C=O) groups excluding carboxylic acids is 3. The molecule has 0 radical (unpaired) electrons. The molecule has 0 aliphatic carbocycles. The van der Waals surface area contributed by atoms with Crippen molar-refractivity contribution < 1.29 is 42.9 Å². The SMILES string of the molecule is COC(=O)C(=[N+]=[N-])C(OC(C)=O)[C@@H]1O[C@H](C)OC[C@H]1OC(C)=O. The topological polar surface area (TPSA) is 134 Å². The molecule has 128 valence electrons. The molecule has 0 N–H and O–H groups in total. The van der Waals surface area contributed by atoms with Crippen molar-refractivity contribution in [1.29, 1.82) is 0 Å². The van der Waals surface area contributed by atoms with Crippen LogP contribution in [-0.4, -0.2) is 66.7 Å². The molecule has 1 saturated heterocycles. The zero-order valence-corrected chi connectivity index (χ0v) is 13.2. The van der Waals surface area contributed by atoms with Crippen LogP contribution in [0.3, 0.4) is 0 Å². The molecule has 0 aromatic heterocycles. The lowest BCUT2D eigenvalue weighted by Gasteiger charge is -2.36. The summed E-state index contributed by atoms with van der Waals surface area (Å²) in [6.45, 7) is 3.79. The number of hydrogen-bond donors (Lipinski definition) is 0. The molecule has 1 rings (SSSR count). The van der Waals surface area contributed by atoms with E-state index < -0.39 is 48.2 Å². The quantitative estimate of drug-likeness (QED) is 0.215. The zero-order chi connectivity index (χ0) is 17.6. The normalized spacial score (nSPS) is 24.8. The standard InChI is InChI=1S/C13H18N2O8/c1-6(16)21-9-5-20-8(3)23-11(9)12(22-7(2)17)10(15-14)13(18)19-4/h8-9,11-12H,5H2,1-4H3/t8-,9-,11-,12?/m1/s1. The summed E-state index contributed by atoms with van der Waals surface area (Å²) in [6.07, 6.45) is -4.26. The zero-order valence-electron chi connectivity index (χ0n) is 13.2. The lowest BCUT2D eigenvalue weighted by atomic mass is 10.0. The highest BCUT2D eigenvalue weighted by Gasteiger charge is 2.49. The Morgan fingerprint density at radius 1 is 1.26 bits per heavy atom. The molecule has 10 heteroatoms. The Morgan fingerprint density at radius 3 is 2.39 bits per heavy atom. The summed E-state index contributed by atoms with van der Waals surface area (Å²) in [5.74, 6) is -2.41. The van der Waals surface area contributed by atoms with Crippen LogP contribution in [0, 0.1) is 0 Å². The molecule has 1 unspecified atom stereocenters. The van der Waals surface area contributed by atoms with Crippen LogP contribution >= 0.6 is 0 Å². The molecule has 4 atom stereocenters. The van der Waals surface area contributed by atoms with E-state index in [9.17, 15) is 14.4 Å². The number of esters is 3. The minimum Gasteiger partial charge on any atom is -0.460 e. The summed E-state index contributed by atoms with van der Waals surface area (Å²) < 4.78 is 25.2. The first-order valence-electron chi connectivity index (χ1n) is 6.71. The van der Waals surface area contributed by atoms with Crippen molar-refractivity contribution in [3.8, 4) is 0 Å². The van der Waals surface area contributed by atoms with Crippen LogP contribution in [0.25, 0.3) is 5.53 Å². The van der Waals surface area contributed by atoms with E-state index in [-0.39, 0.29) is 6.61 Å². The molecular formula is C13H18N2O8. The monoisotopic (exact) mass is 330 g/mol. The summed E-state index contributed by atoms with van der Waals surface area (Å²) >= 11 is 0. The Hall–Kier alpha value is -2.29. The maximum absolute atomic E-state index is 11.7. The average Bonchev–Trinajstić information content (AvgIpc) is 2.47. The van der Waals surface area contributed by atoms with Gasteiger partial charge in [0, 0.05) is 13.8 Å². The molecule has 0 spiro atoms. The Balaban J connectivity index is 3.18. The number of carbonyl (C=O) groups is 3. The summed E-state index contributed by atoms with van der Waals surface area (Å²) in [4.78, 5) is 37.1. The molecule has 1 heterocycles. The fourth-order valence-corrected chi connectivity index (χ4v) is 2.03. The van der Waals surface area contributed by atoms with Gasteiger partial charge < -0.3 is 29.2 Å². The second-order valence-corrected chi connectivity index (χ2v) is 4.66. The minimum absolute atomic E-state index is 0.0525. The first-order valence-corrected chi connectivity index (χ1v) is 6.71. The summed E-state index contributed by atoms with van der Waals surface area (Å²) in [5, 5.41) is 0. The Morgan fingerprint density at radius 2 is 1.91 bits per heavy atom. The van der Waals surface area contributed by atoms with Crippen LogP contribution < -0.4 is 0 Å². The predicted octanol–water partition coefficient (Wildman–Crippen LogP) is -0.545. The van der Waals surface area contributed by atoms with Crippen LogP contribution in [0.4, 0.5) is 0 Å². The smallest absolute Gasteiger partial charge is 0.420 e. The van der Waals surface area contributed by atoms with E-state index in [1.165, 1.54) is 6.92 Å². The first-order chi connectivity index (χ1) is 10.8. The fourth-order valence-electron chi connectivity index (χ4n) is 2.03. The van der Waals surface area contributed by atoms with Crippen LogP contribution in [0.15, 0.2) is 0 Å². The molecule has 0 aromatic rings. The molecule has 1 aliphatic heterocycles. The van der Waals surface area contributed by atoms with Crippen molar-refractivity contribution >= 4 is 23.6 Å². The van der Waals surface area contributed by atoms with Gasteiger partial charge >= 0.3 is 23.6 Å². The van der Waals surface area contributed by atoms with Gasteiger partial charge in [-0.1, -0.05) is 0 Å². The second-order valence-electron chi connectivity index (χ2n) is 4.66. The van der Waals surface area contributed by atoms with Crippen LogP contribution in [0.5, 0.6) is 0 Å². The lowest BCUT2D eigenvalue weighted by molar-refractivity contribution is -0.266. The van der Waals surface area contributed by atoms with Gasteiger partial charge in [0.25, 0.3) is 0 Å². The molecular weight excluding hydrogens is 312 g/mol. The molecule has 0 aromatic carbocycles. The maximum atomic E-state index is 11.7. The summed E-state index contributed by atoms with van der Waals surface area (Å²) in [5.41, 5.74) is 8.48. The van der Waals surface area contributed by atoms with Crippen molar-refractivity contribution in [1.82, 2.24) is 0 Å². The van der Waals surface area contributed by atoms with Crippen molar-refractivity contribution in [2.75, 3.05) is 13.7 Å². The van der Waals surface area contributed by atoms with E-state index in [1.54, 1.807) is 6.92 Å². The lowest BCUT2D eigenvalue weighted by Crippen LogP contribution is -2.56. The number of rotatable bonds is 5. The van der Waals surface area contributed by atoms with Crippen LogP contribution in [0.2, 0.25) is 0 Å². The third-order valence-electron chi connectivity index (χ3n) is 2.89. The molecule has 1 aliphatic rings. The maximum Gasteiger partial charge on any atom is 0.420 e. The van der Waals surface area contributed by atoms with Gasteiger partial charge in [-0.15, -0.1) is 0 Å². The third kappa shape index (κ3) is 5.13. The van der Waals surface area contributed by atoms with Gasteiger partial charge in [0.15, 0.2) is 12.4 Å². The first kappa shape index (κ1) is 18.8. The van der Waals surface area contributed by atoms with Crippen molar-refractivity contribution in [2.24, 2.45) is 0 Å². The van der Waals surface area contributed by atoms with Gasteiger partial charge in [0.05, 0.1) is 13.7 Å². The van der Waals surface area contributed by atoms with Gasteiger partial charge in [-0.25, -0.2) is 4.79 Å². The van der Waals surface area contributed by atoms with Crippen molar-refractivity contribution in [2.45, 2.75) is 45.4 Å². The summed E-state index contributed by atoms with van der Waals surface area (Å²) in [7, 11) is 1.06. The second kappa shape index (κ2) is 8.37. The Kier molecular flexibility index (Phi) is 6.83. The van der Waals surface area contributed by atoms with Gasteiger partial charge in [-0.05, 0) is 6.92 Å². The largest absolute Gasteiger partial charge is 0.460 e. The van der Waals surface area contributed by atoms with Crippen molar-refractivity contribution in [3.05, 3.63) is 5.53 Å². The van der Waals surface area contributed by atoms with Crippen molar-refractivity contribution in [3.63, 3.8) is 0 Å². The van der Waals surface area contributed by atoms with Gasteiger partial charge in [0.2, 0.25) is 6.10 Å². The third-order valence-corrected chi connectivity index (χ3v) is 2.89. The number of methoxy groups -OCH3 is 1. The van der Waals surface area contributed by atoms with E-state index in [1.807, 2.05) is 0 Å². The minimum atomic E-state index is -1.44. The Bertz CT molecular complexity index is 528. The number of nitrogens with zero attached hydrogens (tertiary/aromatic N) is 2. The van der Waals surface area contributed by atoms with Gasteiger partial charge in [0.1, 0.15) is 6.10 Å². The number of hydrogen-bond acceptors (Lipinski definition) is 8. The Labute approximate surface area is 132 Å². The van der Waals surface area contributed by atoms with E-state index in [0.29, 0.717) is 0 Å². The van der Waals surface area contributed by atoms with E-state index >= 15 is 0 Å². The molecule has 1 fully saturated rings. The summed E-state index contributed by atoms with van der Waals surface area (Å²) in [6, 6.07) is 0. The predicted molar refractivity (Wildman–Crippen MR) is 72.0 cm³/mol. The highest BCUT2D eigenvalue weighted by atomic mass is 16.7. The van der Waals surface area contributed by atoms with E-state index in [2.05, 4.69) is 9.53 Å². The fraction of sp³-hybridized carbons (Fsp3) is 0.692. The van der Waals surface area contributed by atoms with Crippen LogP contribution in [0.1, 0.15) is 20.8 Å². The molecule has 0 bridgehead atoms. The number of ether oxygens (including phenoxy) is 5. The van der Waals surface area contributed by atoms with Gasteiger partial charge in [-0.3, -0.25) is 9.59 Å². The van der Waals surface area contributed by atoms with E-state index in [0.717, 1.165) is 14.0 Å². The molecule has 0 saturated carbocycles. The van der Waals surface area contributed by atoms with Crippen LogP contribution in [-0.2, 0) is 38.1 Å². The van der Waals surface area contributed by atoms with Gasteiger partial charge in [-0.2, -0.15) is 4.79 Å². The molecule has 0 amide bonds. The molecule has 23 heavy (non-hydrogen) atoms.